The normalized spacial score (nSPS) is 16.2. The zero-order valence-electron chi connectivity index (χ0n) is 18.2. The van der Waals surface area contributed by atoms with Crippen LogP contribution in [0.1, 0.15) is 36.8 Å². The van der Waals surface area contributed by atoms with Gasteiger partial charge in [0.25, 0.3) is 16.0 Å². The van der Waals surface area contributed by atoms with Crippen LogP contribution in [-0.2, 0) is 25.5 Å². The van der Waals surface area contributed by atoms with Gasteiger partial charge in [-0.05, 0) is 72.7 Å². The summed E-state index contributed by atoms with van der Waals surface area (Å²) in [5, 5.41) is 0. The summed E-state index contributed by atoms with van der Waals surface area (Å²) in [4.78, 5) is 14.6. The maximum absolute atomic E-state index is 12.9. The number of aryl methyl sites for hydroxylation is 1. The summed E-state index contributed by atoms with van der Waals surface area (Å²) in [6.45, 7) is 2.48. The quantitative estimate of drug-likeness (QED) is 0.399. The molecule has 2 aliphatic rings. The van der Waals surface area contributed by atoms with Crippen molar-refractivity contribution in [1.82, 2.24) is 0 Å². The fourth-order valence-electron chi connectivity index (χ4n) is 3.62. The summed E-state index contributed by atoms with van der Waals surface area (Å²) >= 11 is 0. The summed E-state index contributed by atoms with van der Waals surface area (Å²) in [5.74, 6) is 2.11. The Morgan fingerprint density at radius 1 is 1.06 bits per heavy atom. The lowest BCUT2D eigenvalue weighted by Crippen LogP contribution is -2.27. The van der Waals surface area contributed by atoms with Gasteiger partial charge in [-0.25, -0.2) is 0 Å². The molecule has 170 valence electrons. The number of carbonyl (C=O) groups excluding carboxylic acids is 1. The molecule has 4 rings (SSSR count). The van der Waals surface area contributed by atoms with E-state index in [2.05, 4.69) is 12.1 Å². The molecule has 2 aromatic carbocycles. The van der Waals surface area contributed by atoms with Crippen molar-refractivity contribution in [3.63, 3.8) is 0 Å². The third-order valence-corrected chi connectivity index (χ3v) is 6.04. The van der Waals surface area contributed by atoms with Crippen molar-refractivity contribution in [2.75, 3.05) is 30.9 Å². The number of hydrogen-bond acceptors (Lipinski definition) is 6. The average molecular weight is 458 g/mol. The molecule has 0 unspecified atom stereocenters. The summed E-state index contributed by atoms with van der Waals surface area (Å²) in [6, 6.07) is 13.5. The van der Waals surface area contributed by atoms with E-state index in [1.807, 2.05) is 31.2 Å². The zero-order valence-corrected chi connectivity index (χ0v) is 19.1. The molecule has 1 aliphatic carbocycles. The lowest BCUT2D eigenvalue weighted by molar-refractivity contribution is -0.116. The first-order valence-electron chi connectivity index (χ1n) is 10.7. The van der Waals surface area contributed by atoms with Crippen LogP contribution in [-0.4, -0.2) is 40.3 Å². The SMILES string of the molecule is CCc1cc(N2CC=C(Oc3ccc(C4CC4)cc3)C2=O)ccc1OCCOS(C)(=O)=O. The van der Waals surface area contributed by atoms with Crippen molar-refractivity contribution in [3.8, 4) is 11.5 Å². The van der Waals surface area contributed by atoms with Gasteiger partial charge in [-0.1, -0.05) is 19.1 Å². The predicted molar refractivity (Wildman–Crippen MR) is 122 cm³/mol. The summed E-state index contributed by atoms with van der Waals surface area (Å²) in [6.07, 6.45) is 5.98. The first kappa shape index (κ1) is 22.4. The van der Waals surface area contributed by atoms with Crippen LogP contribution in [0.2, 0.25) is 0 Å². The predicted octanol–water partition coefficient (Wildman–Crippen LogP) is 3.79. The van der Waals surface area contributed by atoms with Gasteiger partial charge >= 0.3 is 0 Å². The molecular weight excluding hydrogens is 430 g/mol. The molecular formula is C24H27NO6S. The smallest absolute Gasteiger partial charge is 0.294 e. The van der Waals surface area contributed by atoms with Crippen LogP contribution in [0, 0.1) is 0 Å². The average Bonchev–Trinajstić information content (AvgIpc) is 3.56. The fourth-order valence-corrected chi connectivity index (χ4v) is 4.00. The molecule has 7 nitrogen and oxygen atoms in total. The number of ether oxygens (including phenoxy) is 2. The highest BCUT2D eigenvalue weighted by molar-refractivity contribution is 7.85. The largest absolute Gasteiger partial charge is 0.491 e. The van der Waals surface area contributed by atoms with Crippen LogP contribution < -0.4 is 14.4 Å². The molecule has 8 heteroatoms. The van der Waals surface area contributed by atoms with Crippen molar-refractivity contribution in [3.05, 3.63) is 65.4 Å². The van der Waals surface area contributed by atoms with Crippen LogP contribution >= 0.6 is 0 Å². The van der Waals surface area contributed by atoms with Gasteiger partial charge in [0.15, 0.2) is 5.76 Å². The molecule has 0 spiro atoms. The molecule has 0 saturated heterocycles. The fraction of sp³-hybridized carbons (Fsp3) is 0.375. The van der Waals surface area contributed by atoms with Crippen LogP contribution in [0.4, 0.5) is 5.69 Å². The maximum atomic E-state index is 12.9. The van der Waals surface area contributed by atoms with E-state index in [0.29, 0.717) is 36.1 Å². The van der Waals surface area contributed by atoms with Crippen molar-refractivity contribution in [2.45, 2.75) is 32.1 Å². The second-order valence-electron chi connectivity index (χ2n) is 7.95. The molecule has 1 aliphatic heterocycles. The van der Waals surface area contributed by atoms with E-state index >= 15 is 0 Å². The Hall–Kier alpha value is -2.84. The number of anilines is 1. The number of hydrogen-bond donors (Lipinski definition) is 0. The van der Waals surface area contributed by atoms with Gasteiger partial charge in [0.2, 0.25) is 0 Å². The van der Waals surface area contributed by atoms with Crippen LogP contribution in [0.25, 0.3) is 0 Å². The Balaban J connectivity index is 1.37. The molecule has 32 heavy (non-hydrogen) atoms. The third-order valence-electron chi connectivity index (χ3n) is 5.45. The highest BCUT2D eigenvalue weighted by Crippen LogP contribution is 2.40. The van der Waals surface area contributed by atoms with E-state index in [1.165, 1.54) is 18.4 Å². The molecule has 0 N–H and O–H groups in total. The minimum Gasteiger partial charge on any atom is -0.491 e. The van der Waals surface area contributed by atoms with Gasteiger partial charge in [0.05, 0.1) is 6.26 Å². The number of nitrogens with zero attached hydrogens (tertiary/aromatic N) is 1. The Kier molecular flexibility index (Phi) is 6.53. The van der Waals surface area contributed by atoms with E-state index in [1.54, 1.807) is 17.0 Å². The second kappa shape index (κ2) is 9.34. The Morgan fingerprint density at radius 2 is 1.81 bits per heavy atom. The van der Waals surface area contributed by atoms with Crippen molar-refractivity contribution < 1.29 is 26.9 Å². The topological polar surface area (TPSA) is 82.1 Å². The van der Waals surface area contributed by atoms with E-state index in [9.17, 15) is 13.2 Å². The second-order valence-corrected chi connectivity index (χ2v) is 9.59. The summed E-state index contributed by atoms with van der Waals surface area (Å²) < 4.78 is 38.3. The van der Waals surface area contributed by atoms with Crippen molar-refractivity contribution in [1.29, 1.82) is 0 Å². The highest BCUT2D eigenvalue weighted by Gasteiger charge is 2.28. The zero-order chi connectivity index (χ0) is 22.7. The van der Waals surface area contributed by atoms with Gasteiger partial charge < -0.3 is 14.4 Å². The minimum absolute atomic E-state index is 0.0550. The van der Waals surface area contributed by atoms with Gasteiger partial charge in [-0.3, -0.25) is 8.98 Å². The van der Waals surface area contributed by atoms with Crippen molar-refractivity contribution in [2.24, 2.45) is 0 Å². The van der Waals surface area contributed by atoms with Gasteiger partial charge in [0.1, 0.15) is 24.7 Å². The minimum atomic E-state index is -3.49. The monoisotopic (exact) mass is 457 g/mol. The third kappa shape index (κ3) is 5.49. The first-order chi connectivity index (χ1) is 15.3. The number of rotatable bonds is 10. The summed E-state index contributed by atoms with van der Waals surface area (Å²) in [7, 11) is -3.49. The van der Waals surface area contributed by atoms with Crippen LogP contribution in [0.15, 0.2) is 54.3 Å². The van der Waals surface area contributed by atoms with E-state index in [0.717, 1.165) is 17.5 Å². The Labute approximate surface area is 188 Å². The Bertz CT molecular complexity index is 1120. The molecule has 0 atom stereocenters. The van der Waals surface area contributed by atoms with E-state index in [-0.39, 0.29) is 19.1 Å². The maximum Gasteiger partial charge on any atom is 0.294 e. The first-order valence-corrected chi connectivity index (χ1v) is 12.6. The number of carbonyl (C=O) groups is 1. The molecule has 1 saturated carbocycles. The summed E-state index contributed by atoms with van der Waals surface area (Å²) in [5.41, 5.74) is 2.99. The van der Waals surface area contributed by atoms with Gasteiger partial charge in [-0.2, -0.15) is 8.42 Å². The number of amides is 1. The molecule has 1 fully saturated rings. The highest BCUT2D eigenvalue weighted by atomic mass is 32.2. The molecule has 0 bridgehead atoms. The standard InChI is InChI=1S/C24H27NO6S/c1-3-17-16-20(8-11-22(17)29-14-15-30-32(2,27)28)25-13-12-23(24(25)26)31-21-9-6-19(7-10-21)18-4-5-18/h6-12,16,18H,3-5,13-15H2,1-2H3. The lowest BCUT2D eigenvalue weighted by Gasteiger charge is -2.19. The molecule has 2 aromatic rings. The Morgan fingerprint density at radius 3 is 2.47 bits per heavy atom. The molecule has 1 heterocycles. The van der Waals surface area contributed by atoms with Gasteiger partial charge in [0, 0.05) is 12.2 Å². The molecule has 1 amide bonds. The number of benzene rings is 2. The molecule has 0 radical (unpaired) electrons. The molecule has 0 aromatic heterocycles. The van der Waals surface area contributed by atoms with Crippen LogP contribution in [0.3, 0.4) is 0 Å². The van der Waals surface area contributed by atoms with Gasteiger partial charge in [-0.15, -0.1) is 0 Å². The van der Waals surface area contributed by atoms with Crippen LogP contribution in [0.5, 0.6) is 11.5 Å². The van der Waals surface area contributed by atoms with E-state index in [4.69, 9.17) is 13.7 Å². The van der Waals surface area contributed by atoms with E-state index < -0.39 is 10.1 Å². The lowest BCUT2D eigenvalue weighted by atomic mass is 10.1. The van der Waals surface area contributed by atoms with Crippen molar-refractivity contribution >= 4 is 21.7 Å².